The van der Waals surface area contributed by atoms with Gasteiger partial charge in [-0.05, 0) is 49.6 Å². The van der Waals surface area contributed by atoms with Crippen molar-refractivity contribution < 1.29 is 14.3 Å². The fourth-order valence-corrected chi connectivity index (χ4v) is 2.31. The maximum atomic E-state index is 12.0. The number of esters is 1. The van der Waals surface area contributed by atoms with Crippen LogP contribution in [0.25, 0.3) is 0 Å². The second kappa shape index (κ2) is 7.85. The molecule has 0 atom stereocenters. The van der Waals surface area contributed by atoms with Crippen molar-refractivity contribution >= 4 is 17.6 Å². The molecule has 0 bridgehead atoms. The van der Waals surface area contributed by atoms with Gasteiger partial charge in [0, 0.05) is 5.02 Å². The molecule has 116 valence electrons. The molecule has 0 radical (unpaired) electrons. The van der Waals surface area contributed by atoms with E-state index in [1.54, 1.807) is 6.07 Å². The van der Waals surface area contributed by atoms with Gasteiger partial charge in [0.2, 0.25) is 0 Å². The topological polar surface area (TPSA) is 35.5 Å². The Balaban J connectivity index is 1.99. The third-order valence-corrected chi connectivity index (χ3v) is 3.55. The molecule has 0 aromatic heterocycles. The highest BCUT2D eigenvalue weighted by Gasteiger charge is 2.11. The van der Waals surface area contributed by atoms with Gasteiger partial charge >= 0.3 is 5.97 Å². The van der Waals surface area contributed by atoms with Crippen LogP contribution in [0.5, 0.6) is 11.5 Å². The lowest BCUT2D eigenvalue weighted by molar-refractivity contribution is -0.134. The molecule has 4 heteroatoms. The third-order valence-electron chi connectivity index (χ3n) is 3.18. The molecule has 0 unspecified atom stereocenters. The Morgan fingerprint density at radius 2 is 1.91 bits per heavy atom. The summed E-state index contributed by atoms with van der Waals surface area (Å²) in [6.07, 6.45) is 0.817. The highest BCUT2D eigenvalue weighted by molar-refractivity contribution is 6.31. The van der Waals surface area contributed by atoms with Crippen LogP contribution < -0.4 is 9.47 Å². The fourth-order valence-electron chi connectivity index (χ4n) is 2.08. The monoisotopic (exact) mass is 318 g/mol. The van der Waals surface area contributed by atoms with E-state index >= 15 is 0 Å². The van der Waals surface area contributed by atoms with Gasteiger partial charge in [-0.15, -0.1) is 0 Å². The SMILES string of the molecule is CCOc1cc(C)ccc1OC(=O)CCc1ccccc1Cl. The largest absolute Gasteiger partial charge is 0.490 e. The van der Waals surface area contributed by atoms with E-state index in [9.17, 15) is 4.79 Å². The molecule has 0 aliphatic carbocycles. The smallest absolute Gasteiger partial charge is 0.311 e. The van der Waals surface area contributed by atoms with E-state index in [-0.39, 0.29) is 12.4 Å². The van der Waals surface area contributed by atoms with Gasteiger partial charge in [0.25, 0.3) is 0 Å². The lowest BCUT2D eigenvalue weighted by Crippen LogP contribution is -2.10. The molecule has 2 aromatic carbocycles. The molecule has 0 aliphatic heterocycles. The summed E-state index contributed by atoms with van der Waals surface area (Å²) < 4.78 is 10.9. The van der Waals surface area contributed by atoms with Crippen molar-refractivity contribution in [1.29, 1.82) is 0 Å². The first kappa shape index (κ1) is 16.4. The molecule has 0 spiro atoms. The van der Waals surface area contributed by atoms with Crippen LogP contribution in [0.1, 0.15) is 24.5 Å². The molecular formula is C18H19ClO3. The minimum Gasteiger partial charge on any atom is -0.490 e. The number of rotatable bonds is 6. The van der Waals surface area contributed by atoms with E-state index in [0.29, 0.717) is 29.5 Å². The Morgan fingerprint density at radius 3 is 2.64 bits per heavy atom. The van der Waals surface area contributed by atoms with Crippen LogP contribution in [-0.2, 0) is 11.2 Å². The molecule has 0 amide bonds. The van der Waals surface area contributed by atoms with Crippen LogP contribution in [-0.4, -0.2) is 12.6 Å². The number of aryl methyl sites for hydroxylation is 2. The van der Waals surface area contributed by atoms with E-state index in [2.05, 4.69) is 0 Å². The average Bonchev–Trinajstić information content (AvgIpc) is 2.49. The van der Waals surface area contributed by atoms with Gasteiger partial charge in [-0.3, -0.25) is 4.79 Å². The van der Waals surface area contributed by atoms with Gasteiger partial charge in [0.05, 0.1) is 13.0 Å². The Bertz CT molecular complexity index is 653. The van der Waals surface area contributed by atoms with Crippen LogP contribution in [0.15, 0.2) is 42.5 Å². The van der Waals surface area contributed by atoms with Crippen molar-refractivity contribution in [3.05, 3.63) is 58.6 Å². The maximum absolute atomic E-state index is 12.0. The predicted octanol–water partition coefficient (Wildman–Crippen LogP) is 4.59. The quantitative estimate of drug-likeness (QED) is 0.577. The van der Waals surface area contributed by atoms with Gasteiger partial charge in [0.1, 0.15) is 0 Å². The maximum Gasteiger partial charge on any atom is 0.311 e. The number of hydrogen-bond donors (Lipinski definition) is 0. The standard InChI is InChI=1S/C18H19ClO3/c1-3-21-17-12-13(2)8-10-16(17)22-18(20)11-9-14-6-4-5-7-15(14)19/h4-8,10,12H,3,9,11H2,1-2H3. The number of halogens is 1. The zero-order valence-electron chi connectivity index (χ0n) is 12.8. The molecule has 22 heavy (non-hydrogen) atoms. The van der Waals surface area contributed by atoms with Gasteiger partial charge < -0.3 is 9.47 Å². The van der Waals surface area contributed by atoms with E-state index in [1.807, 2.05) is 50.2 Å². The summed E-state index contributed by atoms with van der Waals surface area (Å²) in [5, 5.41) is 0.667. The van der Waals surface area contributed by atoms with Crippen molar-refractivity contribution in [2.75, 3.05) is 6.61 Å². The molecule has 3 nitrogen and oxygen atoms in total. The lowest BCUT2D eigenvalue weighted by Gasteiger charge is -2.11. The van der Waals surface area contributed by atoms with Crippen molar-refractivity contribution in [1.82, 2.24) is 0 Å². The first-order chi connectivity index (χ1) is 10.6. The Hall–Kier alpha value is -2.00. The fraction of sp³-hybridized carbons (Fsp3) is 0.278. The van der Waals surface area contributed by atoms with Gasteiger partial charge in [-0.2, -0.15) is 0 Å². The van der Waals surface area contributed by atoms with E-state index in [1.165, 1.54) is 0 Å². The molecular weight excluding hydrogens is 300 g/mol. The minimum atomic E-state index is -0.301. The van der Waals surface area contributed by atoms with Crippen molar-refractivity contribution in [2.24, 2.45) is 0 Å². The van der Waals surface area contributed by atoms with Crippen molar-refractivity contribution in [2.45, 2.75) is 26.7 Å². The number of ether oxygens (including phenoxy) is 2. The number of benzene rings is 2. The first-order valence-electron chi connectivity index (χ1n) is 7.27. The van der Waals surface area contributed by atoms with Crippen LogP contribution in [0.2, 0.25) is 5.02 Å². The molecule has 0 heterocycles. The second-order valence-electron chi connectivity index (χ2n) is 4.95. The molecule has 2 rings (SSSR count). The summed E-state index contributed by atoms with van der Waals surface area (Å²) in [7, 11) is 0. The third kappa shape index (κ3) is 4.50. The Labute approximate surface area is 135 Å². The van der Waals surface area contributed by atoms with Crippen molar-refractivity contribution in [3.63, 3.8) is 0 Å². The number of carbonyl (C=O) groups excluding carboxylic acids is 1. The molecule has 0 saturated carbocycles. The van der Waals surface area contributed by atoms with E-state index in [4.69, 9.17) is 21.1 Å². The molecule has 0 fully saturated rings. The molecule has 2 aromatic rings. The van der Waals surface area contributed by atoms with Crippen molar-refractivity contribution in [3.8, 4) is 11.5 Å². The summed E-state index contributed by atoms with van der Waals surface area (Å²) >= 11 is 6.08. The summed E-state index contributed by atoms with van der Waals surface area (Å²) in [5.74, 6) is 0.745. The van der Waals surface area contributed by atoms with Crippen LogP contribution in [0, 0.1) is 6.92 Å². The Kier molecular flexibility index (Phi) is 5.84. The predicted molar refractivity (Wildman–Crippen MR) is 87.8 cm³/mol. The second-order valence-corrected chi connectivity index (χ2v) is 5.36. The van der Waals surface area contributed by atoms with E-state index < -0.39 is 0 Å². The molecule has 0 saturated heterocycles. The number of carbonyl (C=O) groups is 1. The van der Waals surface area contributed by atoms with Gasteiger partial charge in [-0.25, -0.2) is 0 Å². The molecule has 0 N–H and O–H groups in total. The van der Waals surface area contributed by atoms with E-state index in [0.717, 1.165) is 11.1 Å². The van der Waals surface area contributed by atoms with Crippen LogP contribution in [0.4, 0.5) is 0 Å². The lowest BCUT2D eigenvalue weighted by atomic mass is 10.1. The normalized spacial score (nSPS) is 10.3. The summed E-state index contributed by atoms with van der Waals surface area (Å²) in [6, 6.07) is 13.0. The summed E-state index contributed by atoms with van der Waals surface area (Å²) in [4.78, 5) is 12.0. The molecule has 0 aliphatic rings. The first-order valence-corrected chi connectivity index (χ1v) is 7.65. The number of hydrogen-bond acceptors (Lipinski definition) is 3. The minimum absolute atomic E-state index is 0.267. The van der Waals surface area contributed by atoms with Gasteiger partial charge in [0.15, 0.2) is 11.5 Å². The summed E-state index contributed by atoms with van der Waals surface area (Å²) in [6.45, 7) is 4.38. The summed E-state index contributed by atoms with van der Waals surface area (Å²) in [5.41, 5.74) is 1.99. The highest BCUT2D eigenvalue weighted by Crippen LogP contribution is 2.28. The van der Waals surface area contributed by atoms with Crippen LogP contribution >= 0.6 is 11.6 Å². The zero-order chi connectivity index (χ0) is 15.9. The Morgan fingerprint density at radius 1 is 1.14 bits per heavy atom. The van der Waals surface area contributed by atoms with Crippen LogP contribution in [0.3, 0.4) is 0 Å². The average molecular weight is 319 g/mol. The zero-order valence-corrected chi connectivity index (χ0v) is 13.5. The highest BCUT2D eigenvalue weighted by atomic mass is 35.5. The van der Waals surface area contributed by atoms with Gasteiger partial charge in [-0.1, -0.05) is 35.9 Å².